The third kappa shape index (κ3) is 3.44. The van der Waals surface area contributed by atoms with Gasteiger partial charge in [-0.25, -0.2) is 8.42 Å². The van der Waals surface area contributed by atoms with E-state index in [2.05, 4.69) is 10.6 Å². The molecule has 2 aliphatic rings. The number of furan rings is 1. The molecule has 0 saturated carbocycles. The number of sulfonamides is 1. The minimum atomic E-state index is -3.57. The molecule has 3 rings (SSSR count). The molecule has 0 spiro atoms. The van der Waals surface area contributed by atoms with Gasteiger partial charge in [0.15, 0.2) is 5.76 Å². The van der Waals surface area contributed by atoms with Crippen LogP contribution in [0.2, 0.25) is 0 Å². The van der Waals surface area contributed by atoms with Crippen LogP contribution in [0.15, 0.2) is 15.4 Å². The zero-order chi connectivity index (χ0) is 16.4. The molecular weight excluding hydrogens is 318 g/mol. The van der Waals surface area contributed by atoms with E-state index in [1.54, 1.807) is 6.92 Å². The highest BCUT2D eigenvalue weighted by Crippen LogP contribution is 2.26. The van der Waals surface area contributed by atoms with E-state index in [0.29, 0.717) is 13.1 Å². The van der Waals surface area contributed by atoms with Gasteiger partial charge in [0.1, 0.15) is 10.7 Å². The summed E-state index contributed by atoms with van der Waals surface area (Å²) in [6.07, 6.45) is 3.67. The number of piperidine rings is 1. The van der Waals surface area contributed by atoms with E-state index < -0.39 is 10.0 Å². The molecule has 2 saturated heterocycles. The van der Waals surface area contributed by atoms with Gasteiger partial charge in [0, 0.05) is 31.7 Å². The van der Waals surface area contributed by atoms with Crippen molar-refractivity contribution in [3.05, 3.63) is 17.6 Å². The fraction of sp³-hybridized carbons (Fsp3) is 0.667. The van der Waals surface area contributed by atoms with Gasteiger partial charge < -0.3 is 15.1 Å². The van der Waals surface area contributed by atoms with Gasteiger partial charge in [0.2, 0.25) is 10.0 Å². The number of hydrogen-bond donors (Lipinski definition) is 2. The predicted octanol–water partition coefficient (Wildman–Crippen LogP) is 0.854. The van der Waals surface area contributed by atoms with Crippen molar-refractivity contribution in [2.45, 2.75) is 43.5 Å². The van der Waals surface area contributed by atoms with Crippen LogP contribution in [-0.2, 0) is 10.0 Å². The van der Waals surface area contributed by atoms with Gasteiger partial charge in [-0.15, -0.1) is 0 Å². The van der Waals surface area contributed by atoms with E-state index >= 15 is 0 Å². The molecule has 7 nitrogen and oxygen atoms in total. The second-order valence-electron chi connectivity index (χ2n) is 6.16. The average molecular weight is 341 g/mol. The SMILES string of the molecule is Cc1oc(C(=O)NC2CCCNC2)cc1S(=O)(=O)N1CCCC1. The highest BCUT2D eigenvalue weighted by atomic mass is 32.2. The van der Waals surface area contributed by atoms with Crippen LogP contribution in [0.1, 0.15) is 42.0 Å². The maximum atomic E-state index is 12.6. The standard InChI is InChI=1S/C15H23N3O4S/c1-11-14(23(20,21)18-7-2-3-8-18)9-13(22-11)15(19)17-12-5-4-6-16-10-12/h9,12,16H,2-8,10H2,1H3,(H,17,19). The van der Waals surface area contributed by atoms with Crippen molar-refractivity contribution in [1.29, 1.82) is 0 Å². The zero-order valence-electron chi connectivity index (χ0n) is 13.3. The lowest BCUT2D eigenvalue weighted by Gasteiger charge is -2.23. The summed E-state index contributed by atoms with van der Waals surface area (Å²) in [5.74, 6) is -0.0284. The van der Waals surface area contributed by atoms with Crippen LogP contribution in [0.3, 0.4) is 0 Å². The van der Waals surface area contributed by atoms with Crippen molar-refractivity contribution >= 4 is 15.9 Å². The summed E-state index contributed by atoms with van der Waals surface area (Å²) >= 11 is 0. The first-order chi connectivity index (χ1) is 11.0. The number of rotatable bonds is 4. The maximum Gasteiger partial charge on any atom is 0.287 e. The fourth-order valence-corrected chi connectivity index (χ4v) is 4.81. The number of carbonyl (C=O) groups is 1. The van der Waals surface area contributed by atoms with Crippen LogP contribution in [0.5, 0.6) is 0 Å². The van der Waals surface area contributed by atoms with Gasteiger partial charge in [0.25, 0.3) is 5.91 Å². The number of hydrogen-bond acceptors (Lipinski definition) is 5. The number of nitrogens with one attached hydrogen (secondary N) is 2. The molecular formula is C15H23N3O4S. The Labute approximate surface area is 136 Å². The third-order valence-corrected chi connectivity index (χ3v) is 6.42. The molecule has 1 atom stereocenters. The van der Waals surface area contributed by atoms with Crippen molar-refractivity contribution in [3.8, 4) is 0 Å². The number of aryl methyl sites for hydroxylation is 1. The normalized spacial score (nSPS) is 23.1. The molecule has 2 N–H and O–H groups in total. The molecule has 0 radical (unpaired) electrons. The van der Waals surface area contributed by atoms with Gasteiger partial charge in [-0.3, -0.25) is 4.79 Å². The van der Waals surface area contributed by atoms with Crippen LogP contribution in [-0.4, -0.2) is 50.9 Å². The molecule has 1 unspecified atom stereocenters. The van der Waals surface area contributed by atoms with Crippen molar-refractivity contribution in [2.75, 3.05) is 26.2 Å². The first-order valence-electron chi connectivity index (χ1n) is 8.10. The quantitative estimate of drug-likeness (QED) is 0.847. The van der Waals surface area contributed by atoms with Crippen LogP contribution in [0.25, 0.3) is 0 Å². The molecule has 23 heavy (non-hydrogen) atoms. The van der Waals surface area contributed by atoms with Crippen molar-refractivity contribution < 1.29 is 17.6 Å². The molecule has 1 aromatic rings. The maximum absolute atomic E-state index is 12.6. The predicted molar refractivity (Wildman–Crippen MR) is 84.8 cm³/mol. The molecule has 1 aromatic heterocycles. The van der Waals surface area contributed by atoms with Crippen molar-refractivity contribution in [3.63, 3.8) is 0 Å². The molecule has 3 heterocycles. The Morgan fingerprint density at radius 2 is 2.09 bits per heavy atom. The molecule has 1 amide bonds. The summed E-state index contributed by atoms with van der Waals surface area (Å²) in [6, 6.07) is 1.41. The van der Waals surface area contributed by atoms with Crippen molar-refractivity contribution in [1.82, 2.24) is 14.9 Å². The first kappa shape index (κ1) is 16.5. The van der Waals surface area contributed by atoms with Gasteiger partial charge in [-0.2, -0.15) is 4.31 Å². The van der Waals surface area contributed by atoms with Crippen LogP contribution in [0.4, 0.5) is 0 Å². The first-order valence-corrected chi connectivity index (χ1v) is 9.54. The lowest BCUT2D eigenvalue weighted by atomic mass is 10.1. The molecule has 2 fully saturated rings. The van der Waals surface area contributed by atoms with E-state index in [1.807, 2.05) is 0 Å². The monoisotopic (exact) mass is 341 g/mol. The second-order valence-corrected chi connectivity index (χ2v) is 8.07. The number of nitrogens with zero attached hydrogens (tertiary/aromatic N) is 1. The van der Waals surface area contributed by atoms with E-state index in [-0.39, 0.29) is 28.4 Å². The van der Waals surface area contributed by atoms with Gasteiger partial charge in [0.05, 0.1) is 0 Å². The van der Waals surface area contributed by atoms with E-state index in [9.17, 15) is 13.2 Å². The Morgan fingerprint density at radius 1 is 1.35 bits per heavy atom. The van der Waals surface area contributed by atoms with E-state index in [4.69, 9.17) is 4.42 Å². The van der Waals surface area contributed by atoms with Gasteiger partial charge in [-0.05, 0) is 39.2 Å². The lowest BCUT2D eigenvalue weighted by molar-refractivity contribution is 0.0901. The summed E-state index contributed by atoms with van der Waals surface area (Å²) in [5, 5.41) is 6.11. The highest BCUT2D eigenvalue weighted by Gasteiger charge is 2.32. The third-order valence-electron chi connectivity index (χ3n) is 4.41. The Bertz CT molecular complexity index is 671. The highest BCUT2D eigenvalue weighted by molar-refractivity contribution is 7.89. The lowest BCUT2D eigenvalue weighted by Crippen LogP contribution is -2.45. The average Bonchev–Trinajstić information content (AvgIpc) is 3.18. The largest absolute Gasteiger partial charge is 0.455 e. The van der Waals surface area contributed by atoms with E-state index in [1.165, 1.54) is 10.4 Å². The minimum absolute atomic E-state index is 0.0558. The summed E-state index contributed by atoms with van der Waals surface area (Å²) in [6.45, 7) is 4.33. The smallest absolute Gasteiger partial charge is 0.287 e. The van der Waals surface area contributed by atoms with Crippen LogP contribution < -0.4 is 10.6 Å². The van der Waals surface area contributed by atoms with Crippen LogP contribution in [0, 0.1) is 6.92 Å². The molecule has 0 aromatic carbocycles. The zero-order valence-corrected chi connectivity index (χ0v) is 14.1. The summed E-state index contributed by atoms with van der Waals surface area (Å²) < 4.78 is 32.1. The number of amides is 1. The van der Waals surface area contributed by atoms with Crippen LogP contribution >= 0.6 is 0 Å². The second kappa shape index (κ2) is 6.62. The summed E-state index contributed by atoms with van der Waals surface area (Å²) in [4.78, 5) is 12.4. The summed E-state index contributed by atoms with van der Waals surface area (Å²) in [5.41, 5.74) is 0. The molecule has 8 heteroatoms. The topological polar surface area (TPSA) is 91.6 Å². The Hall–Kier alpha value is -1.38. The summed E-state index contributed by atoms with van der Waals surface area (Å²) in [7, 11) is -3.57. The molecule has 128 valence electrons. The fourth-order valence-electron chi connectivity index (χ4n) is 3.13. The van der Waals surface area contributed by atoms with Crippen molar-refractivity contribution in [2.24, 2.45) is 0 Å². The molecule has 2 aliphatic heterocycles. The number of carbonyl (C=O) groups excluding carboxylic acids is 1. The minimum Gasteiger partial charge on any atom is -0.455 e. The molecule has 0 bridgehead atoms. The molecule has 0 aliphatic carbocycles. The Morgan fingerprint density at radius 3 is 2.74 bits per heavy atom. The van der Waals surface area contributed by atoms with Gasteiger partial charge >= 0.3 is 0 Å². The van der Waals surface area contributed by atoms with E-state index in [0.717, 1.165) is 38.8 Å². The Kier molecular flexibility index (Phi) is 4.74. The van der Waals surface area contributed by atoms with Gasteiger partial charge in [-0.1, -0.05) is 0 Å². The Balaban J connectivity index is 1.76.